The Morgan fingerprint density at radius 2 is 1.71 bits per heavy atom. The zero-order chi connectivity index (χ0) is 16.5. The molecule has 1 N–H and O–H groups in total. The van der Waals surface area contributed by atoms with Crippen molar-refractivity contribution in [2.24, 2.45) is 0 Å². The van der Waals surface area contributed by atoms with Crippen LogP contribution in [-0.4, -0.2) is 29.3 Å². The summed E-state index contributed by atoms with van der Waals surface area (Å²) in [4.78, 5) is 16.4. The average molecular weight is 321 g/mol. The summed E-state index contributed by atoms with van der Waals surface area (Å²) in [6.45, 7) is 1.12. The van der Waals surface area contributed by atoms with Crippen molar-refractivity contribution >= 4 is 16.9 Å². The normalized spacial score (nSPS) is 13.5. The molecule has 24 heavy (non-hydrogen) atoms. The van der Waals surface area contributed by atoms with Crippen LogP contribution in [0.25, 0.3) is 22.2 Å². The number of ether oxygens (including phenoxy) is 2. The molecular formula is C19H15NO4. The Hall–Kier alpha value is -3.08. The molecule has 1 aromatic heterocycles. The number of benzene rings is 2. The van der Waals surface area contributed by atoms with Gasteiger partial charge in [0.25, 0.3) is 0 Å². The second-order valence-electron chi connectivity index (χ2n) is 5.59. The molecule has 2 aromatic carbocycles. The first-order valence-corrected chi connectivity index (χ1v) is 7.75. The number of hydrogen-bond acceptors (Lipinski definition) is 4. The summed E-state index contributed by atoms with van der Waals surface area (Å²) in [6.07, 6.45) is 0.791. The number of carbonyl (C=O) groups is 1. The van der Waals surface area contributed by atoms with Crippen LogP contribution in [-0.2, 0) is 0 Å². The van der Waals surface area contributed by atoms with E-state index in [-0.39, 0.29) is 5.56 Å². The number of nitrogens with zero attached hydrogens (tertiary/aromatic N) is 1. The Labute approximate surface area is 138 Å². The molecule has 2 heterocycles. The van der Waals surface area contributed by atoms with Crippen molar-refractivity contribution in [2.75, 3.05) is 13.2 Å². The molecule has 1 aliphatic rings. The lowest BCUT2D eigenvalue weighted by Gasteiger charge is -2.12. The molecule has 0 amide bonds. The van der Waals surface area contributed by atoms with E-state index in [4.69, 9.17) is 9.47 Å². The zero-order valence-corrected chi connectivity index (χ0v) is 12.9. The van der Waals surface area contributed by atoms with Crippen LogP contribution in [0.4, 0.5) is 0 Å². The second kappa shape index (κ2) is 5.85. The SMILES string of the molecule is O=C(O)c1cc(-c2ccccc2)nc2cc3c(cc12)OCCCO3. The molecule has 0 spiro atoms. The van der Waals surface area contributed by atoms with Gasteiger partial charge in [0, 0.05) is 23.4 Å². The number of aromatic nitrogens is 1. The summed E-state index contributed by atoms with van der Waals surface area (Å²) in [5.41, 5.74) is 2.27. The molecule has 0 unspecified atom stereocenters. The van der Waals surface area contributed by atoms with E-state index in [2.05, 4.69) is 4.98 Å². The fourth-order valence-electron chi connectivity index (χ4n) is 2.82. The van der Waals surface area contributed by atoms with Gasteiger partial charge >= 0.3 is 5.97 Å². The number of carboxylic acids is 1. The van der Waals surface area contributed by atoms with Crippen molar-refractivity contribution in [2.45, 2.75) is 6.42 Å². The minimum absolute atomic E-state index is 0.203. The Balaban J connectivity index is 1.97. The highest BCUT2D eigenvalue weighted by atomic mass is 16.5. The van der Waals surface area contributed by atoms with Gasteiger partial charge in [-0.25, -0.2) is 9.78 Å². The highest BCUT2D eigenvalue weighted by molar-refractivity contribution is 6.04. The predicted molar refractivity (Wildman–Crippen MR) is 89.7 cm³/mol. The molecular weight excluding hydrogens is 306 g/mol. The number of fused-ring (bicyclic) bond motifs is 2. The van der Waals surface area contributed by atoms with Crippen LogP contribution in [0.2, 0.25) is 0 Å². The van der Waals surface area contributed by atoms with Crippen LogP contribution in [0.5, 0.6) is 11.5 Å². The highest BCUT2D eigenvalue weighted by Gasteiger charge is 2.18. The van der Waals surface area contributed by atoms with E-state index in [0.29, 0.717) is 41.3 Å². The summed E-state index contributed by atoms with van der Waals surface area (Å²) >= 11 is 0. The summed E-state index contributed by atoms with van der Waals surface area (Å²) in [7, 11) is 0. The van der Waals surface area contributed by atoms with Gasteiger partial charge in [-0.2, -0.15) is 0 Å². The van der Waals surface area contributed by atoms with Gasteiger partial charge in [-0.3, -0.25) is 0 Å². The maximum absolute atomic E-state index is 11.7. The van der Waals surface area contributed by atoms with Gasteiger partial charge < -0.3 is 14.6 Å². The molecule has 4 rings (SSSR count). The number of hydrogen-bond donors (Lipinski definition) is 1. The summed E-state index contributed by atoms with van der Waals surface area (Å²) in [5.74, 6) is 0.180. The number of rotatable bonds is 2. The quantitative estimate of drug-likeness (QED) is 0.778. The van der Waals surface area contributed by atoms with E-state index >= 15 is 0 Å². The maximum atomic E-state index is 11.7. The monoisotopic (exact) mass is 321 g/mol. The Morgan fingerprint density at radius 3 is 2.42 bits per heavy atom. The smallest absolute Gasteiger partial charge is 0.336 e. The molecule has 0 radical (unpaired) electrons. The van der Waals surface area contributed by atoms with Crippen LogP contribution in [0.15, 0.2) is 48.5 Å². The molecule has 5 nitrogen and oxygen atoms in total. The van der Waals surface area contributed by atoms with E-state index in [0.717, 1.165) is 12.0 Å². The minimum atomic E-state index is -0.992. The van der Waals surface area contributed by atoms with Gasteiger partial charge in [0.15, 0.2) is 11.5 Å². The lowest BCUT2D eigenvalue weighted by atomic mass is 10.0. The predicted octanol–water partition coefficient (Wildman–Crippen LogP) is 3.76. The van der Waals surface area contributed by atoms with Gasteiger partial charge in [-0.1, -0.05) is 30.3 Å². The second-order valence-corrected chi connectivity index (χ2v) is 5.59. The Kier molecular flexibility index (Phi) is 3.54. The van der Waals surface area contributed by atoms with E-state index < -0.39 is 5.97 Å². The topological polar surface area (TPSA) is 68.7 Å². The summed E-state index contributed by atoms with van der Waals surface area (Å²) in [5, 5.41) is 10.2. The van der Waals surface area contributed by atoms with Crippen LogP contribution in [0.1, 0.15) is 16.8 Å². The van der Waals surface area contributed by atoms with Crippen molar-refractivity contribution in [3.05, 3.63) is 54.1 Å². The molecule has 0 atom stereocenters. The third kappa shape index (κ3) is 2.54. The fourth-order valence-corrected chi connectivity index (χ4v) is 2.82. The van der Waals surface area contributed by atoms with E-state index in [9.17, 15) is 9.90 Å². The van der Waals surface area contributed by atoms with Crippen molar-refractivity contribution in [3.8, 4) is 22.8 Å². The lowest BCUT2D eigenvalue weighted by molar-refractivity contribution is 0.0699. The first-order chi connectivity index (χ1) is 11.7. The van der Waals surface area contributed by atoms with E-state index in [1.165, 1.54) is 0 Å². The average Bonchev–Trinajstić information content (AvgIpc) is 2.84. The van der Waals surface area contributed by atoms with E-state index in [1.54, 1.807) is 18.2 Å². The molecule has 1 aliphatic heterocycles. The van der Waals surface area contributed by atoms with Gasteiger partial charge in [0.1, 0.15) is 0 Å². The standard InChI is InChI=1S/C19H15NO4/c21-19(22)14-9-15(12-5-2-1-3-6-12)20-16-11-18-17(10-13(14)16)23-7-4-8-24-18/h1-3,5-6,9-11H,4,7-8H2,(H,21,22). The molecule has 0 aliphatic carbocycles. The largest absolute Gasteiger partial charge is 0.490 e. The molecule has 3 aromatic rings. The third-order valence-corrected chi connectivity index (χ3v) is 3.98. The minimum Gasteiger partial charge on any atom is -0.490 e. The first kappa shape index (κ1) is 14.5. The third-order valence-electron chi connectivity index (χ3n) is 3.98. The Morgan fingerprint density at radius 1 is 1.00 bits per heavy atom. The van der Waals surface area contributed by atoms with Gasteiger partial charge in [0.05, 0.1) is 30.0 Å². The molecule has 0 saturated carbocycles. The van der Waals surface area contributed by atoms with Gasteiger partial charge in [-0.15, -0.1) is 0 Å². The van der Waals surface area contributed by atoms with Gasteiger partial charge in [0.2, 0.25) is 0 Å². The molecule has 5 heteroatoms. The fraction of sp³-hybridized carbons (Fsp3) is 0.158. The number of aromatic carboxylic acids is 1. The van der Waals surface area contributed by atoms with E-state index in [1.807, 2.05) is 30.3 Å². The van der Waals surface area contributed by atoms with Crippen LogP contribution < -0.4 is 9.47 Å². The maximum Gasteiger partial charge on any atom is 0.336 e. The van der Waals surface area contributed by atoms with Crippen LogP contribution in [0, 0.1) is 0 Å². The van der Waals surface area contributed by atoms with Crippen LogP contribution in [0.3, 0.4) is 0 Å². The zero-order valence-electron chi connectivity index (χ0n) is 12.9. The molecule has 0 bridgehead atoms. The lowest BCUT2D eigenvalue weighted by Crippen LogP contribution is -2.01. The van der Waals surface area contributed by atoms with Gasteiger partial charge in [-0.05, 0) is 12.1 Å². The number of pyridine rings is 1. The Bertz CT molecular complexity index is 922. The molecule has 0 fully saturated rings. The summed E-state index contributed by atoms with van der Waals surface area (Å²) in [6, 6.07) is 14.6. The summed E-state index contributed by atoms with van der Waals surface area (Å²) < 4.78 is 11.4. The highest BCUT2D eigenvalue weighted by Crippen LogP contribution is 2.36. The number of carboxylic acid groups (broad SMARTS) is 1. The van der Waals surface area contributed by atoms with Crippen LogP contribution >= 0.6 is 0 Å². The van der Waals surface area contributed by atoms with Crippen molar-refractivity contribution < 1.29 is 19.4 Å². The van der Waals surface area contributed by atoms with Crippen molar-refractivity contribution in [1.82, 2.24) is 4.98 Å². The van der Waals surface area contributed by atoms with Crippen molar-refractivity contribution in [1.29, 1.82) is 0 Å². The molecule has 120 valence electrons. The van der Waals surface area contributed by atoms with Crippen molar-refractivity contribution in [3.63, 3.8) is 0 Å². The first-order valence-electron chi connectivity index (χ1n) is 7.75. The molecule has 0 saturated heterocycles.